The number of Topliss-reactive ketones (excluding diaryl/α,β-unsaturated/α-hetero) is 1. The average Bonchev–Trinajstić information content (AvgIpc) is 2.45. The van der Waals surface area contributed by atoms with Crippen LogP contribution in [0.4, 0.5) is 8.78 Å². The Balaban J connectivity index is 2.22. The van der Waals surface area contributed by atoms with Gasteiger partial charge in [-0.05, 0) is 35.4 Å². The number of hydrogen-bond acceptors (Lipinski definition) is 3. The Bertz CT molecular complexity index is 575. The smallest absolute Gasteiger partial charge is 0.198 e. The highest BCUT2D eigenvalue weighted by Crippen LogP contribution is 2.23. The normalized spacial score (nSPS) is 13.8. The highest BCUT2D eigenvalue weighted by molar-refractivity contribution is 5.88. The van der Waals surface area contributed by atoms with Gasteiger partial charge >= 0.3 is 0 Å². The lowest BCUT2D eigenvalue weighted by Gasteiger charge is -2.15. The molecule has 2 aromatic carbocycles. The van der Waals surface area contributed by atoms with E-state index in [0.717, 1.165) is 12.1 Å². The van der Waals surface area contributed by atoms with Gasteiger partial charge in [0, 0.05) is 0 Å². The van der Waals surface area contributed by atoms with E-state index in [1.807, 2.05) is 0 Å². The second-order valence-corrected chi connectivity index (χ2v) is 4.32. The number of carbonyl (C=O) groups excluding carboxylic acids is 1. The Morgan fingerprint density at radius 3 is 1.60 bits per heavy atom. The summed E-state index contributed by atoms with van der Waals surface area (Å²) in [6.45, 7) is 0. The van der Waals surface area contributed by atoms with Crippen molar-refractivity contribution in [3.8, 4) is 0 Å². The number of aliphatic hydroxyl groups is 2. The van der Waals surface area contributed by atoms with Gasteiger partial charge in [-0.3, -0.25) is 4.79 Å². The fraction of sp³-hybridized carbons (Fsp3) is 0.133. The van der Waals surface area contributed by atoms with Crippen molar-refractivity contribution in [2.45, 2.75) is 12.2 Å². The highest BCUT2D eigenvalue weighted by Gasteiger charge is 2.26. The molecule has 2 atom stereocenters. The lowest BCUT2D eigenvalue weighted by molar-refractivity contribution is -0.136. The molecule has 0 fully saturated rings. The lowest BCUT2D eigenvalue weighted by Crippen LogP contribution is -2.20. The standard InChI is InChI=1S/C15H12F2O3/c16-11-5-1-3-9(7-11)13(18)15(20)14(19)10-4-2-6-12(17)8-10/h1-8,13-14,18-19H. The van der Waals surface area contributed by atoms with Gasteiger partial charge in [0.2, 0.25) is 0 Å². The average molecular weight is 278 g/mol. The van der Waals surface area contributed by atoms with Crippen molar-refractivity contribution in [1.29, 1.82) is 0 Å². The molecule has 0 saturated heterocycles. The maximum atomic E-state index is 13.0. The van der Waals surface area contributed by atoms with Crippen molar-refractivity contribution < 1.29 is 23.8 Å². The second-order valence-electron chi connectivity index (χ2n) is 4.32. The van der Waals surface area contributed by atoms with Crippen molar-refractivity contribution in [1.82, 2.24) is 0 Å². The van der Waals surface area contributed by atoms with Crippen molar-refractivity contribution in [2.24, 2.45) is 0 Å². The molecule has 0 amide bonds. The summed E-state index contributed by atoms with van der Waals surface area (Å²) in [5, 5.41) is 19.7. The summed E-state index contributed by atoms with van der Waals surface area (Å²) < 4.78 is 26.1. The minimum Gasteiger partial charge on any atom is -0.380 e. The summed E-state index contributed by atoms with van der Waals surface area (Å²) in [5.41, 5.74) is 0.0657. The van der Waals surface area contributed by atoms with Crippen LogP contribution in [0.3, 0.4) is 0 Å². The summed E-state index contributed by atoms with van der Waals surface area (Å²) in [6.07, 6.45) is -3.35. The summed E-state index contributed by atoms with van der Waals surface area (Å²) in [4.78, 5) is 11.9. The Labute approximate surface area is 114 Å². The van der Waals surface area contributed by atoms with E-state index in [9.17, 15) is 23.8 Å². The molecule has 0 heterocycles. The van der Waals surface area contributed by atoms with Gasteiger partial charge in [0.25, 0.3) is 0 Å². The summed E-state index contributed by atoms with van der Waals surface area (Å²) in [7, 11) is 0. The van der Waals surface area contributed by atoms with Gasteiger partial charge in [-0.15, -0.1) is 0 Å². The molecule has 2 unspecified atom stereocenters. The van der Waals surface area contributed by atoms with E-state index >= 15 is 0 Å². The number of halogens is 2. The molecule has 0 aliphatic carbocycles. The molecule has 0 bridgehead atoms. The SMILES string of the molecule is O=C(C(O)c1cccc(F)c1)C(O)c1cccc(F)c1. The van der Waals surface area contributed by atoms with Crippen LogP contribution in [0.25, 0.3) is 0 Å². The minimum atomic E-state index is -1.68. The summed E-state index contributed by atoms with van der Waals surface area (Å²) >= 11 is 0. The molecule has 20 heavy (non-hydrogen) atoms. The number of aliphatic hydroxyl groups excluding tert-OH is 2. The largest absolute Gasteiger partial charge is 0.380 e. The van der Waals surface area contributed by atoms with Gasteiger partial charge in [-0.1, -0.05) is 24.3 Å². The van der Waals surface area contributed by atoms with Crippen LogP contribution in [0.1, 0.15) is 23.3 Å². The number of benzene rings is 2. The zero-order chi connectivity index (χ0) is 14.7. The Morgan fingerprint density at radius 1 is 0.850 bits per heavy atom. The number of rotatable bonds is 4. The fourth-order valence-electron chi connectivity index (χ4n) is 1.83. The summed E-state index contributed by atoms with van der Waals surface area (Å²) in [5.74, 6) is -2.15. The quantitative estimate of drug-likeness (QED) is 0.902. The van der Waals surface area contributed by atoms with Crippen molar-refractivity contribution >= 4 is 5.78 Å². The molecule has 104 valence electrons. The van der Waals surface area contributed by atoms with Crippen LogP contribution in [0.5, 0.6) is 0 Å². The first kappa shape index (κ1) is 14.3. The first-order valence-corrected chi connectivity index (χ1v) is 5.90. The molecular weight excluding hydrogens is 266 g/mol. The van der Waals surface area contributed by atoms with E-state index in [0.29, 0.717) is 0 Å². The van der Waals surface area contributed by atoms with E-state index in [1.54, 1.807) is 0 Å². The van der Waals surface area contributed by atoms with Crippen LogP contribution < -0.4 is 0 Å². The molecule has 0 aliphatic heterocycles. The van der Waals surface area contributed by atoms with Crippen LogP contribution >= 0.6 is 0 Å². The third-order valence-electron chi connectivity index (χ3n) is 2.87. The zero-order valence-electron chi connectivity index (χ0n) is 10.3. The molecule has 5 heteroatoms. The van der Waals surface area contributed by atoms with Crippen molar-refractivity contribution in [3.05, 3.63) is 71.3 Å². The van der Waals surface area contributed by atoms with E-state index < -0.39 is 29.6 Å². The van der Waals surface area contributed by atoms with E-state index in [4.69, 9.17) is 0 Å². The monoisotopic (exact) mass is 278 g/mol. The molecular formula is C15H12F2O3. The van der Waals surface area contributed by atoms with E-state index in [-0.39, 0.29) is 11.1 Å². The van der Waals surface area contributed by atoms with E-state index in [2.05, 4.69) is 0 Å². The maximum Gasteiger partial charge on any atom is 0.198 e. The van der Waals surface area contributed by atoms with Crippen LogP contribution in [0.2, 0.25) is 0 Å². The molecule has 0 spiro atoms. The molecule has 0 aromatic heterocycles. The molecule has 0 radical (unpaired) electrons. The summed E-state index contributed by atoms with van der Waals surface area (Å²) in [6, 6.07) is 9.76. The number of hydrogen-bond donors (Lipinski definition) is 2. The molecule has 2 aromatic rings. The first-order chi connectivity index (χ1) is 9.49. The predicted octanol–water partition coefficient (Wildman–Crippen LogP) is 2.30. The van der Waals surface area contributed by atoms with Gasteiger partial charge in [-0.2, -0.15) is 0 Å². The highest BCUT2D eigenvalue weighted by atomic mass is 19.1. The van der Waals surface area contributed by atoms with Crippen LogP contribution in [-0.2, 0) is 4.79 Å². The van der Waals surface area contributed by atoms with Gasteiger partial charge in [-0.25, -0.2) is 8.78 Å². The topological polar surface area (TPSA) is 57.5 Å². The predicted molar refractivity (Wildman–Crippen MR) is 67.7 cm³/mol. The third kappa shape index (κ3) is 3.07. The Hall–Kier alpha value is -2.11. The van der Waals surface area contributed by atoms with Crippen molar-refractivity contribution in [3.63, 3.8) is 0 Å². The maximum absolute atomic E-state index is 13.0. The molecule has 0 aliphatic rings. The van der Waals surface area contributed by atoms with Crippen LogP contribution in [0, 0.1) is 11.6 Å². The molecule has 0 saturated carbocycles. The van der Waals surface area contributed by atoms with Crippen LogP contribution in [0.15, 0.2) is 48.5 Å². The van der Waals surface area contributed by atoms with Crippen LogP contribution in [-0.4, -0.2) is 16.0 Å². The van der Waals surface area contributed by atoms with Gasteiger partial charge < -0.3 is 10.2 Å². The lowest BCUT2D eigenvalue weighted by atomic mass is 9.97. The van der Waals surface area contributed by atoms with E-state index in [1.165, 1.54) is 36.4 Å². The van der Waals surface area contributed by atoms with Gasteiger partial charge in [0.1, 0.15) is 23.8 Å². The minimum absolute atomic E-state index is 0.0328. The molecule has 2 rings (SSSR count). The number of ketones is 1. The fourth-order valence-corrected chi connectivity index (χ4v) is 1.83. The Kier molecular flexibility index (Phi) is 4.22. The number of carbonyl (C=O) groups is 1. The second kappa shape index (κ2) is 5.90. The molecule has 3 nitrogen and oxygen atoms in total. The Morgan fingerprint density at radius 2 is 1.25 bits per heavy atom. The molecule has 2 N–H and O–H groups in total. The zero-order valence-corrected chi connectivity index (χ0v) is 10.3. The van der Waals surface area contributed by atoms with Gasteiger partial charge in [0.15, 0.2) is 5.78 Å². The van der Waals surface area contributed by atoms with Crippen molar-refractivity contribution in [2.75, 3.05) is 0 Å². The third-order valence-corrected chi connectivity index (χ3v) is 2.87. The van der Waals surface area contributed by atoms with Gasteiger partial charge in [0.05, 0.1) is 0 Å². The first-order valence-electron chi connectivity index (χ1n) is 5.90.